The van der Waals surface area contributed by atoms with Crippen molar-refractivity contribution in [3.8, 4) is 0 Å². The van der Waals surface area contributed by atoms with E-state index in [2.05, 4.69) is 32.3 Å². The number of hydrogen-bond acceptors (Lipinski definition) is 2. The highest BCUT2D eigenvalue weighted by Crippen LogP contribution is 2.45. The van der Waals surface area contributed by atoms with E-state index < -0.39 is 0 Å². The Hall–Kier alpha value is -0.570. The van der Waals surface area contributed by atoms with Gasteiger partial charge in [-0.2, -0.15) is 0 Å². The maximum atomic E-state index is 4.19. The van der Waals surface area contributed by atoms with Crippen molar-refractivity contribution in [2.45, 2.75) is 31.7 Å². The molecule has 2 aliphatic carbocycles. The van der Waals surface area contributed by atoms with E-state index in [-0.39, 0.29) is 0 Å². The van der Waals surface area contributed by atoms with Crippen LogP contribution < -0.4 is 5.32 Å². The van der Waals surface area contributed by atoms with Crippen molar-refractivity contribution in [1.82, 2.24) is 4.98 Å². The zero-order valence-corrected chi connectivity index (χ0v) is 10.2. The molecular weight excluding hydrogens is 252 g/mol. The third kappa shape index (κ3) is 2.33. The van der Waals surface area contributed by atoms with Crippen LogP contribution in [0.1, 0.15) is 25.7 Å². The first-order valence-corrected chi connectivity index (χ1v) is 6.49. The summed E-state index contributed by atoms with van der Waals surface area (Å²) in [7, 11) is 0. The monoisotopic (exact) mass is 266 g/mol. The minimum absolute atomic E-state index is 0.709. The topological polar surface area (TPSA) is 24.9 Å². The molecule has 0 radical (unpaired) electrons. The number of hydrogen-bond donors (Lipinski definition) is 1. The molecule has 2 aliphatic rings. The summed E-state index contributed by atoms with van der Waals surface area (Å²) >= 11 is 3.45. The van der Waals surface area contributed by atoms with E-state index in [1.165, 1.54) is 25.7 Å². The minimum atomic E-state index is 0.709. The summed E-state index contributed by atoms with van der Waals surface area (Å²) in [4.78, 5) is 4.19. The molecule has 3 heteroatoms. The molecule has 0 atom stereocenters. The van der Waals surface area contributed by atoms with Gasteiger partial charge in [0.25, 0.3) is 0 Å². The number of rotatable bonds is 4. The molecule has 1 aromatic rings. The van der Waals surface area contributed by atoms with Gasteiger partial charge in [-0.25, -0.2) is 0 Å². The Bertz CT molecular complexity index is 346. The van der Waals surface area contributed by atoms with Crippen LogP contribution in [0.4, 0.5) is 5.69 Å². The second-order valence-corrected chi connectivity index (χ2v) is 5.65. The summed E-state index contributed by atoms with van der Waals surface area (Å²) < 4.78 is 1.05. The Morgan fingerprint density at radius 3 is 2.40 bits per heavy atom. The fourth-order valence-electron chi connectivity index (χ4n) is 2.21. The summed E-state index contributed by atoms with van der Waals surface area (Å²) in [5, 5.41) is 3.65. The van der Waals surface area contributed by atoms with Gasteiger partial charge in [0, 0.05) is 16.7 Å². The highest BCUT2D eigenvalue weighted by atomic mass is 79.9. The van der Waals surface area contributed by atoms with Crippen molar-refractivity contribution < 1.29 is 0 Å². The fraction of sp³-hybridized carbons (Fsp3) is 0.583. The Labute approximate surface area is 98.6 Å². The highest BCUT2D eigenvalue weighted by Gasteiger charge is 2.41. The normalized spacial score (nSPS) is 20.7. The molecule has 2 fully saturated rings. The maximum Gasteiger partial charge on any atom is 0.0540 e. The quantitative estimate of drug-likeness (QED) is 0.903. The Morgan fingerprint density at radius 2 is 1.87 bits per heavy atom. The molecule has 0 bridgehead atoms. The summed E-state index contributed by atoms with van der Waals surface area (Å²) in [5.41, 5.74) is 1.16. The molecular formula is C12H15BrN2. The second-order valence-electron chi connectivity index (χ2n) is 4.74. The molecule has 0 saturated heterocycles. The lowest BCUT2D eigenvalue weighted by molar-refractivity contribution is 0.567. The molecule has 2 nitrogen and oxygen atoms in total. The third-order valence-corrected chi connectivity index (χ3v) is 3.73. The van der Waals surface area contributed by atoms with Crippen LogP contribution in [0.2, 0.25) is 0 Å². The lowest BCUT2D eigenvalue weighted by Crippen LogP contribution is -2.24. The van der Waals surface area contributed by atoms with Gasteiger partial charge in [0.2, 0.25) is 0 Å². The first-order valence-electron chi connectivity index (χ1n) is 5.70. The van der Waals surface area contributed by atoms with Crippen molar-refractivity contribution in [1.29, 1.82) is 0 Å². The number of pyridine rings is 1. The average Bonchev–Trinajstić information content (AvgIpc) is 3.07. The highest BCUT2D eigenvalue weighted by molar-refractivity contribution is 9.10. The molecule has 15 heavy (non-hydrogen) atoms. The molecule has 3 rings (SSSR count). The van der Waals surface area contributed by atoms with E-state index in [9.17, 15) is 0 Å². The molecule has 0 aliphatic heterocycles. The van der Waals surface area contributed by atoms with E-state index in [0.717, 1.165) is 22.0 Å². The predicted octanol–water partition coefficient (Wildman–Crippen LogP) is 3.44. The van der Waals surface area contributed by atoms with Gasteiger partial charge in [-0.3, -0.25) is 4.98 Å². The van der Waals surface area contributed by atoms with Crippen LogP contribution >= 0.6 is 15.9 Å². The average molecular weight is 267 g/mol. The predicted molar refractivity (Wildman–Crippen MR) is 64.8 cm³/mol. The fourth-order valence-corrected chi connectivity index (χ4v) is 2.58. The van der Waals surface area contributed by atoms with Crippen molar-refractivity contribution in [3.63, 3.8) is 0 Å². The number of nitrogens with one attached hydrogen (secondary N) is 1. The summed E-state index contributed by atoms with van der Waals surface area (Å²) in [6.45, 7) is 0. The van der Waals surface area contributed by atoms with E-state index in [1.807, 2.05) is 12.4 Å². The first-order chi connectivity index (χ1) is 7.33. The van der Waals surface area contributed by atoms with Crippen molar-refractivity contribution in [2.24, 2.45) is 11.8 Å². The summed E-state index contributed by atoms with van der Waals surface area (Å²) in [5.74, 6) is 1.85. The van der Waals surface area contributed by atoms with Gasteiger partial charge >= 0.3 is 0 Å². The van der Waals surface area contributed by atoms with Gasteiger partial charge in [-0.05, 0) is 59.5 Å². The molecule has 1 aromatic heterocycles. The minimum Gasteiger partial charge on any atom is -0.380 e. The van der Waals surface area contributed by atoms with Crippen LogP contribution in [0.5, 0.6) is 0 Å². The second kappa shape index (κ2) is 3.78. The molecule has 1 heterocycles. The molecule has 1 N–H and O–H groups in total. The van der Waals surface area contributed by atoms with Crippen molar-refractivity contribution in [2.75, 3.05) is 5.32 Å². The summed E-state index contributed by atoms with van der Waals surface area (Å²) in [6, 6.07) is 2.83. The van der Waals surface area contributed by atoms with Gasteiger partial charge in [0.1, 0.15) is 0 Å². The lowest BCUT2D eigenvalue weighted by Gasteiger charge is -2.18. The van der Waals surface area contributed by atoms with E-state index in [1.54, 1.807) is 0 Å². The maximum absolute atomic E-state index is 4.19. The molecule has 0 aromatic carbocycles. The van der Waals surface area contributed by atoms with Gasteiger partial charge in [0.05, 0.1) is 11.9 Å². The lowest BCUT2D eigenvalue weighted by atomic mass is 10.1. The number of nitrogens with zero attached hydrogens (tertiary/aromatic N) is 1. The van der Waals surface area contributed by atoms with E-state index >= 15 is 0 Å². The smallest absolute Gasteiger partial charge is 0.0540 e. The molecule has 0 spiro atoms. The zero-order chi connectivity index (χ0) is 10.3. The SMILES string of the molecule is Brc1cncc(NC(C2CC2)C2CC2)c1. The van der Waals surface area contributed by atoms with Crippen LogP contribution in [0, 0.1) is 11.8 Å². The molecule has 2 saturated carbocycles. The van der Waals surface area contributed by atoms with Crippen LogP contribution in [0.3, 0.4) is 0 Å². The van der Waals surface area contributed by atoms with Crippen LogP contribution in [-0.2, 0) is 0 Å². The van der Waals surface area contributed by atoms with Gasteiger partial charge in [-0.1, -0.05) is 0 Å². The largest absolute Gasteiger partial charge is 0.380 e. The molecule has 0 amide bonds. The number of halogens is 1. The van der Waals surface area contributed by atoms with Gasteiger partial charge < -0.3 is 5.32 Å². The summed E-state index contributed by atoms with van der Waals surface area (Å²) in [6.07, 6.45) is 9.40. The van der Waals surface area contributed by atoms with Crippen LogP contribution in [0.15, 0.2) is 22.9 Å². The molecule has 0 unspecified atom stereocenters. The third-order valence-electron chi connectivity index (χ3n) is 3.30. The standard InChI is InChI=1S/C12H15BrN2/c13-10-5-11(7-14-6-10)15-12(8-1-2-8)9-3-4-9/h5-9,12,15H,1-4H2. The van der Waals surface area contributed by atoms with Crippen molar-refractivity contribution in [3.05, 3.63) is 22.9 Å². The van der Waals surface area contributed by atoms with Crippen molar-refractivity contribution >= 4 is 21.6 Å². The first kappa shape index (κ1) is 9.64. The number of anilines is 1. The van der Waals surface area contributed by atoms with E-state index in [4.69, 9.17) is 0 Å². The van der Waals surface area contributed by atoms with Crippen LogP contribution in [0.25, 0.3) is 0 Å². The number of aromatic nitrogens is 1. The zero-order valence-electron chi connectivity index (χ0n) is 8.62. The van der Waals surface area contributed by atoms with Crippen LogP contribution in [-0.4, -0.2) is 11.0 Å². The van der Waals surface area contributed by atoms with E-state index in [0.29, 0.717) is 6.04 Å². The molecule has 80 valence electrons. The van der Waals surface area contributed by atoms with Gasteiger partial charge in [0.15, 0.2) is 0 Å². The Kier molecular flexibility index (Phi) is 2.43. The Morgan fingerprint density at radius 1 is 1.20 bits per heavy atom. The van der Waals surface area contributed by atoms with Gasteiger partial charge in [-0.15, -0.1) is 0 Å². The Balaban J connectivity index is 1.71.